The van der Waals surface area contributed by atoms with Gasteiger partial charge in [-0.3, -0.25) is 4.79 Å². The predicted octanol–water partition coefficient (Wildman–Crippen LogP) is 3.91. The van der Waals surface area contributed by atoms with Crippen LogP contribution in [0.5, 0.6) is 11.5 Å². The number of esters is 1. The molecule has 0 saturated heterocycles. The molecule has 0 aliphatic carbocycles. The van der Waals surface area contributed by atoms with Crippen molar-refractivity contribution in [2.75, 3.05) is 25.6 Å². The molecule has 0 saturated carbocycles. The lowest BCUT2D eigenvalue weighted by Gasteiger charge is -2.10. The maximum absolute atomic E-state index is 12.0. The summed E-state index contributed by atoms with van der Waals surface area (Å²) >= 11 is 0. The number of nitrogens with one attached hydrogen (secondary N) is 1. The maximum Gasteiger partial charge on any atom is 0.331 e. The summed E-state index contributed by atoms with van der Waals surface area (Å²) in [5.74, 6) is 0.210. The second kappa shape index (κ2) is 10.2. The van der Waals surface area contributed by atoms with Gasteiger partial charge in [-0.25, -0.2) is 4.79 Å². The molecule has 0 heterocycles. The summed E-state index contributed by atoms with van der Waals surface area (Å²) in [5, 5.41) is 2.74. The largest absolute Gasteiger partial charge is 0.493 e. The van der Waals surface area contributed by atoms with Crippen LogP contribution < -0.4 is 14.8 Å². The van der Waals surface area contributed by atoms with E-state index in [2.05, 4.69) is 5.32 Å². The zero-order valence-corrected chi connectivity index (χ0v) is 16.6. The van der Waals surface area contributed by atoms with Crippen molar-refractivity contribution in [2.45, 2.75) is 20.8 Å². The summed E-state index contributed by atoms with van der Waals surface area (Å²) in [6.07, 6.45) is 2.86. The molecule has 28 heavy (non-hydrogen) atoms. The number of aryl methyl sites for hydroxylation is 2. The maximum atomic E-state index is 12.0. The number of anilines is 1. The average molecular weight is 383 g/mol. The van der Waals surface area contributed by atoms with Crippen LogP contribution in [0.15, 0.2) is 42.5 Å². The van der Waals surface area contributed by atoms with Crippen molar-refractivity contribution in [2.24, 2.45) is 0 Å². The molecule has 0 aromatic heterocycles. The first-order valence-corrected chi connectivity index (χ1v) is 8.95. The fraction of sp³-hybridized carbons (Fsp3) is 0.273. The normalized spacial score (nSPS) is 10.6. The molecule has 2 aromatic carbocycles. The van der Waals surface area contributed by atoms with Crippen molar-refractivity contribution in [3.8, 4) is 11.5 Å². The molecule has 1 amide bonds. The third-order valence-corrected chi connectivity index (χ3v) is 3.91. The quantitative estimate of drug-likeness (QED) is 0.553. The molecule has 6 nitrogen and oxygen atoms in total. The van der Waals surface area contributed by atoms with Gasteiger partial charge in [0.15, 0.2) is 18.1 Å². The predicted molar refractivity (Wildman–Crippen MR) is 109 cm³/mol. The molecule has 0 fully saturated rings. The van der Waals surface area contributed by atoms with Crippen LogP contribution in [0.2, 0.25) is 0 Å². The van der Waals surface area contributed by atoms with E-state index in [4.69, 9.17) is 14.2 Å². The summed E-state index contributed by atoms with van der Waals surface area (Å²) in [6.45, 7) is 5.86. The Morgan fingerprint density at radius 2 is 1.86 bits per heavy atom. The minimum atomic E-state index is -0.607. The Morgan fingerprint density at radius 1 is 1.07 bits per heavy atom. The Morgan fingerprint density at radius 3 is 2.57 bits per heavy atom. The van der Waals surface area contributed by atoms with Crippen LogP contribution in [0.3, 0.4) is 0 Å². The Bertz CT molecular complexity index is 873. The van der Waals surface area contributed by atoms with E-state index >= 15 is 0 Å². The van der Waals surface area contributed by atoms with Gasteiger partial charge in [-0.2, -0.15) is 0 Å². The van der Waals surface area contributed by atoms with Crippen LogP contribution in [0, 0.1) is 13.8 Å². The number of carbonyl (C=O) groups excluding carboxylic acids is 2. The van der Waals surface area contributed by atoms with E-state index in [1.165, 1.54) is 6.08 Å². The monoisotopic (exact) mass is 383 g/mol. The van der Waals surface area contributed by atoms with E-state index in [0.717, 1.165) is 16.7 Å². The molecule has 6 heteroatoms. The first-order valence-electron chi connectivity index (χ1n) is 8.95. The van der Waals surface area contributed by atoms with E-state index in [0.29, 0.717) is 23.8 Å². The highest BCUT2D eigenvalue weighted by Crippen LogP contribution is 2.28. The van der Waals surface area contributed by atoms with Crippen molar-refractivity contribution in [3.05, 3.63) is 59.2 Å². The molecule has 2 rings (SSSR count). The molecule has 1 N–H and O–H groups in total. The molecule has 0 radical (unpaired) electrons. The topological polar surface area (TPSA) is 73.9 Å². The molecule has 0 aliphatic heterocycles. The highest BCUT2D eigenvalue weighted by atomic mass is 16.5. The highest BCUT2D eigenvalue weighted by molar-refractivity contribution is 5.95. The molecule has 0 bridgehead atoms. The summed E-state index contributed by atoms with van der Waals surface area (Å²) in [7, 11) is 1.56. The van der Waals surface area contributed by atoms with Crippen LogP contribution in [-0.4, -0.2) is 32.2 Å². The zero-order chi connectivity index (χ0) is 20.5. The molecule has 0 spiro atoms. The van der Waals surface area contributed by atoms with Crippen LogP contribution >= 0.6 is 0 Å². The van der Waals surface area contributed by atoms with Gasteiger partial charge < -0.3 is 19.5 Å². The van der Waals surface area contributed by atoms with E-state index in [1.54, 1.807) is 31.4 Å². The minimum absolute atomic E-state index is 0.358. The Kier molecular flexibility index (Phi) is 7.63. The Hall–Kier alpha value is -3.28. The number of carbonyl (C=O) groups is 2. The van der Waals surface area contributed by atoms with E-state index in [1.807, 2.05) is 39.0 Å². The first kappa shape index (κ1) is 21.0. The van der Waals surface area contributed by atoms with E-state index in [-0.39, 0.29) is 6.61 Å². The van der Waals surface area contributed by atoms with Gasteiger partial charge in [0.2, 0.25) is 0 Å². The second-order valence-electron chi connectivity index (χ2n) is 6.15. The summed E-state index contributed by atoms with van der Waals surface area (Å²) in [4.78, 5) is 23.9. The van der Waals surface area contributed by atoms with Crippen molar-refractivity contribution in [1.29, 1.82) is 0 Å². The lowest BCUT2D eigenvalue weighted by Crippen LogP contribution is -2.20. The summed E-state index contributed by atoms with van der Waals surface area (Å²) < 4.78 is 15.7. The van der Waals surface area contributed by atoms with Crippen molar-refractivity contribution in [1.82, 2.24) is 0 Å². The van der Waals surface area contributed by atoms with Gasteiger partial charge in [0.1, 0.15) is 0 Å². The molecule has 0 unspecified atom stereocenters. The highest BCUT2D eigenvalue weighted by Gasteiger charge is 2.08. The van der Waals surface area contributed by atoms with Crippen LogP contribution in [0.4, 0.5) is 5.69 Å². The fourth-order valence-corrected chi connectivity index (χ4v) is 2.47. The summed E-state index contributed by atoms with van der Waals surface area (Å²) in [6, 6.07) is 11.1. The smallest absolute Gasteiger partial charge is 0.331 e. The van der Waals surface area contributed by atoms with E-state index < -0.39 is 11.9 Å². The number of amides is 1. The lowest BCUT2D eigenvalue weighted by atomic mass is 10.1. The number of rotatable bonds is 8. The Balaban J connectivity index is 1.90. The lowest BCUT2D eigenvalue weighted by molar-refractivity contribution is -0.142. The second-order valence-corrected chi connectivity index (χ2v) is 6.15. The van der Waals surface area contributed by atoms with Crippen molar-refractivity contribution < 1.29 is 23.8 Å². The third-order valence-electron chi connectivity index (χ3n) is 3.91. The minimum Gasteiger partial charge on any atom is -0.493 e. The summed E-state index contributed by atoms with van der Waals surface area (Å²) in [5.41, 5.74) is 3.43. The number of hydrogen-bond acceptors (Lipinski definition) is 5. The molecule has 2 aromatic rings. The number of ether oxygens (including phenoxy) is 3. The molecular formula is C22H25NO5. The standard InChI is InChI=1S/C22H25NO5/c1-5-27-20-13-17(8-10-19(20)26-4)9-11-22(25)28-14-21(24)23-18-12-15(2)6-7-16(18)3/h6-13H,5,14H2,1-4H3,(H,23,24)/b11-9+. The molecule has 0 aliphatic rings. The SMILES string of the molecule is CCOc1cc(/C=C/C(=O)OCC(=O)Nc2cc(C)ccc2C)ccc1OC. The molecule has 0 atom stereocenters. The van der Waals surface area contributed by atoms with Gasteiger partial charge in [-0.1, -0.05) is 18.2 Å². The molecule has 148 valence electrons. The van der Waals surface area contributed by atoms with Crippen LogP contribution in [0.25, 0.3) is 6.08 Å². The van der Waals surface area contributed by atoms with Gasteiger partial charge in [-0.05, 0) is 61.7 Å². The van der Waals surface area contributed by atoms with Gasteiger partial charge in [0.25, 0.3) is 5.91 Å². The zero-order valence-electron chi connectivity index (χ0n) is 16.6. The molecular weight excluding hydrogens is 358 g/mol. The van der Waals surface area contributed by atoms with Crippen molar-refractivity contribution in [3.63, 3.8) is 0 Å². The van der Waals surface area contributed by atoms with Gasteiger partial charge in [0.05, 0.1) is 13.7 Å². The van der Waals surface area contributed by atoms with Crippen LogP contribution in [-0.2, 0) is 14.3 Å². The van der Waals surface area contributed by atoms with Crippen LogP contribution in [0.1, 0.15) is 23.6 Å². The Labute approximate surface area is 165 Å². The van der Waals surface area contributed by atoms with E-state index in [9.17, 15) is 9.59 Å². The van der Waals surface area contributed by atoms with Gasteiger partial charge in [0, 0.05) is 11.8 Å². The average Bonchev–Trinajstić information content (AvgIpc) is 2.68. The van der Waals surface area contributed by atoms with Crippen molar-refractivity contribution >= 4 is 23.6 Å². The van der Waals surface area contributed by atoms with Gasteiger partial charge in [-0.15, -0.1) is 0 Å². The number of hydrogen-bond donors (Lipinski definition) is 1. The first-order chi connectivity index (χ1) is 13.4. The number of methoxy groups -OCH3 is 1. The third kappa shape index (κ3) is 6.16. The fourth-order valence-electron chi connectivity index (χ4n) is 2.47. The van der Waals surface area contributed by atoms with Gasteiger partial charge >= 0.3 is 5.97 Å². The number of benzene rings is 2.